The van der Waals surface area contributed by atoms with Gasteiger partial charge < -0.3 is 15.4 Å². The Bertz CT molecular complexity index is 1080. The molecule has 4 bridgehead atoms. The third-order valence-corrected chi connectivity index (χ3v) is 4.68. The summed E-state index contributed by atoms with van der Waals surface area (Å²) in [6.45, 7) is 1.31. The SMILES string of the molecule is Cn1cc2c(n1)C(=O)NCCOCCCc1cc(ccn1)-c1cc(ccn1)C(=O)N2. The molecule has 9 heteroatoms. The lowest BCUT2D eigenvalue weighted by Gasteiger charge is -2.10. The molecule has 9 nitrogen and oxygen atoms in total. The Morgan fingerprint density at radius 2 is 1.87 bits per heavy atom. The highest BCUT2D eigenvalue weighted by atomic mass is 16.5. The molecule has 30 heavy (non-hydrogen) atoms. The predicted octanol–water partition coefficient (Wildman–Crippen LogP) is 1.82. The van der Waals surface area contributed by atoms with E-state index in [1.54, 1.807) is 37.8 Å². The standard InChI is InChI=1S/C21H22N6O3/c1-27-13-18-19(26-27)21(29)24-8-10-30-9-2-3-16-11-14(4-6-22-16)17-12-15(5-7-23-17)20(28)25-18/h4-7,11-13H,2-3,8-10H2,1H3,(H,24,29)(H,25,28). The van der Waals surface area contributed by atoms with Gasteiger partial charge in [-0.1, -0.05) is 0 Å². The number of anilines is 1. The van der Waals surface area contributed by atoms with Crippen molar-refractivity contribution in [3.63, 3.8) is 0 Å². The fourth-order valence-corrected chi connectivity index (χ4v) is 3.22. The quantitative estimate of drug-likeness (QED) is 0.589. The van der Waals surface area contributed by atoms with Gasteiger partial charge >= 0.3 is 0 Å². The van der Waals surface area contributed by atoms with Crippen molar-refractivity contribution in [2.75, 3.05) is 25.1 Å². The van der Waals surface area contributed by atoms with Crippen molar-refractivity contribution in [2.45, 2.75) is 12.8 Å². The number of carbonyl (C=O) groups is 2. The molecular weight excluding hydrogens is 384 g/mol. The highest BCUT2D eigenvalue weighted by Gasteiger charge is 2.19. The molecule has 4 heterocycles. The van der Waals surface area contributed by atoms with E-state index in [-0.39, 0.29) is 17.5 Å². The molecule has 3 aromatic heterocycles. The second kappa shape index (κ2) is 8.83. The van der Waals surface area contributed by atoms with Gasteiger partial charge in [0, 0.05) is 55.6 Å². The summed E-state index contributed by atoms with van der Waals surface area (Å²) < 4.78 is 7.08. The van der Waals surface area contributed by atoms with E-state index in [4.69, 9.17) is 4.74 Å². The van der Waals surface area contributed by atoms with Gasteiger partial charge in [0.25, 0.3) is 11.8 Å². The van der Waals surface area contributed by atoms with Crippen LogP contribution in [0.1, 0.15) is 33.0 Å². The molecule has 0 aromatic carbocycles. The molecule has 0 unspecified atom stereocenters. The third kappa shape index (κ3) is 4.52. The van der Waals surface area contributed by atoms with Gasteiger partial charge in [0.05, 0.1) is 18.0 Å². The molecule has 0 radical (unpaired) electrons. The molecule has 0 fully saturated rings. The van der Waals surface area contributed by atoms with Crippen molar-refractivity contribution < 1.29 is 14.3 Å². The molecule has 1 aliphatic heterocycles. The van der Waals surface area contributed by atoms with E-state index in [9.17, 15) is 9.59 Å². The fourth-order valence-electron chi connectivity index (χ4n) is 3.22. The smallest absolute Gasteiger partial charge is 0.274 e. The van der Waals surface area contributed by atoms with Gasteiger partial charge in [0.15, 0.2) is 5.69 Å². The minimum atomic E-state index is -0.370. The van der Waals surface area contributed by atoms with Crippen molar-refractivity contribution in [3.05, 3.63) is 59.8 Å². The second-order valence-electron chi connectivity index (χ2n) is 6.96. The first kappa shape index (κ1) is 19.7. The molecule has 0 saturated heterocycles. The summed E-state index contributed by atoms with van der Waals surface area (Å²) in [4.78, 5) is 34.1. The molecule has 0 aliphatic carbocycles. The van der Waals surface area contributed by atoms with E-state index < -0.39 is 0 Å². The maximum absolute atomic E-state index is 12.8. The summed E-state index contributed by atoms with van der Waals surface area (Å²) in [5.74, 6) is -0.718. The van der Waals surface area contributed by atoms with Crippen molar-refractivity contribution in [1.29, 1.82) is 0 Å². The minimum absolute atomic E-state index is 0.153. The van der Waals surface area contributed by atoms with Crippen LogP contribution in [0.25, 0.3) is 11.3 Å². The number of rotatable bonds is 0. The lowest BCUT2D eigenvalue weighted by molar-refractivity contribution is 0.0908. The number of fused-ring (bicyclic) bond motifs is 6. The Kier molecular flexibility index (Phi) is 5.80. The highest BCUT2D eigenvalue weighted by Crippen LogP contribution is 2.20. The lowest BCUT2D eigenvalue weighted by Crippen LogP contribution is -2.29. The minimum Gasteiger partial charge on any atom is -0.380 e. The summed E-state index contributed by atoms with van der Waals surface area (Å²) in [6, 6.07) is 7.20. The number of nitrogens with zero attached hydrogens (tertiary/aromatic N) is 4. The van der Waals surface area contributed by atoms with Crippen molar-refractivity contribution >= 4 is 17.5 Å². The van der Waals surface area contributed by atoms with Gasteiger partial charge in [-0.2, -0.15) is 5.10 Å². The number of aromatic nitrogens is 4. The average Bonchev–Trinajstić information content (AvgIpc) is 3.12. The van der Waals surface area contributed by atoms with Crippen molar-refractivity contribution in [2.24, 2.45) is 7.05 Å². The monoisotopic (exact) mass is 406 g/mol. The Hall–Kier alpha value is -3.59. The van der Waals surface area contributed by atoms with Gasteiger partial charge in [-0.15, -0.1) is 0 Å². The van der Waals surface area contributed by atoms with E-state index in [0.717, 1.165) is 24.1 Å². The summed E-state index contributed by atoms with van der Waals surface area (Å²) in [7, 11) is 1.69. The van der Waals surface area contributed by atoms with Gasteiger partial charge in [-0.05, 0) is 37.1 Å². The summed E-state index contributed by atoms with van der Waals surface area (Å²) >= 11 is 0. The van der Waals surface area contributed by atoms with Crippen LogP contribution in [0, 0.1) is 0 Å². The first-order valence-electron chi connectivity index (χ1n) is 9.72. The first-order chi connectivity index (χ1) is 14.6. The predicted molar refractivity (Wildman–Crippen MR) is 110 cm³/mol. The molecule has 3 aromatic rings. The van der Waals surface area contributed by atoms with Crippen LogP contribution >= 0.6 is 0 Å². The highest BCUT2D eigenvalue weighted by molar-refractivity contribution is 6.08. The van der Waals surface area contributed by atoms with Crippen LogP contribution in [0.15, 0.2) is 42.9 Å². The van der Waals surface area contributed by atoms with E-state index in [2.05, 4.69) is 25.7 Å². The maximum Gasteiger partial charge on any atom is 0.274 e. The fraction of sp³-hybridized carbons (Fsp3) is 0.286. The molecule has 154 valence electrons. The number of ether oxygens (including phenoxy) is 1. The number of hydrogen-bond acceptors (Lipinski definition) is 6. The van der Waals surface area contributed by atoms with Crippen LogP contribution in [-0.4, -0.2) is 51.3 Å². The molecule has 0 saturated carbocycles. The van der Waals surface area contributed by atoms with E-state index in [0.29, 0.717) is 36.7 Å². The van der Waals surface area contributed by atoms with Crippen LogP contribution in [0.4, 0.5) is 5.69 Å². The first-order valence-corrected chi connectivity index (χ1v) is 9.72. The topological polar surface area (TPSA) is 111 Å². The normalized spacial score (nSPS) is 15.4. The van der Waals surface area contributed by atoms with E-state index in [1.807, 2.05) is 12.1 Å². The molecule has 0 spiro atoms. The van der Waals surface area contributed by atoms with Crippen molar-refractivity contribution in [3.8, 4) is 11.3 Å². The van der Waals surface area contributed by atoms with Gasteiger partial charge in [0.2, 0.25) is 0 Å². The summed E-state index contributed by atoms with van der Waals surface area (Å²) in [6.07, 6.45) is 6.50. The van der Waals surface area contributed by atoms with Crippen LogP contribution in [0.3, 0.4) is 0 Å². The van der Waals surface area contributed by atoms with Crippen LogP contribution in [0.5, 0.6) is 0 Å². The number of nitrogens with one attached hydrogen (secondary N) is 2. The molecule has 2 amide bonds. The summed E-state index contributed by atoms with van der Waals surface area (Å²) in [5.41, 5.74) is 3.42. The zero-order chi connectivity index (χ0) is 20.9. The average molecular weight is 406 g/mol. The Labute approximate surface area is 173 Å². The van der Waals surface area contributed by atoms with E-state index in [1.165, 1.54) is 4.68 Å². The van der Waals surface area contributed by atoms with Gasteiger partial charge in [-0.3, -0.25) is 24.2 Å². The van der Waals surface area contributed by atoms with Crippen molar-refractivity contribution in [1.82, 2.24) is 25.1 Å². The Morgan fingerprint density at radius 1 is 1.03 bits per heavy atom. The zero-order valence-electron chi connectivity index (χ0n) is 16.6. The molecule has 2 N–H and O–H groups in total. The zero-order valence-corrected chi connectivity index (χ0v) is 16.6. The number of hydrogen-bond donors (Lipinski definition) is 2. The molecule has 1 aliphatic rings. The van der Waals surface area contributed by atoms with Crippen LogP contribution in [0.2, 0.25) is 0 Å². The third-order valence-electron chi connectivity index (χ3n) is 4.68. The Morgan fingerprint density at radius 3 is 2.77 bits per heavy atom. The second-order valence-corrected chi connectivity index (χ2v) is 6.96. The lowest BCUT2D eigenvalue weighted by atomic mass is 10.1. The molecule has 4 rings (SSSR count). The largest absolute Gasteiger partial charge is 0.380 e. The number of aryl methyl sites for hydroxylation is 2. The molecular formula is C21H22N6O3. The Balaban J connectivity index is 1.68. The van der Waals surface area contributed by atoms with E-state index >= 15 is 0 Å². The van der Waals surface area contributed by atoms with Crippen LogP contribution in [-0.2, 0) is 18.2 Å². The maximum atomic E-state index is 12.8. The molecule has 0 atom stereocenters. The van der Waals surface area contributed by atoms with Gasteiger partial charge in [0.1, 0.15) is 0 Å². The summed E-state index contributed by atoms with van der Waals surface area (Å²) in [5, 5.41) is 9.72. The van der Waals surface area contributed by atoms with Gasteiger partial charge in [-0.25, -0.2) is 0 Å². The number of amides is 2. The van der Waals surface area contributed by atoms with Crippen LogP contribution < -0.4 is 10.6 Å². The number of carbonyl (C=O) groups excluding carboxylic acids is 2. The number of pyridine rings is 2.